The first-order valence-electron chi connectivity index (χ1n) is 13.8. The summed E-state index contributed by atoms with van der Waals surface area (Å²) in [4.78, 5) is 30.1. The number of rotatable bonds is 9. The van der Waals surface area contributed by atoms with Crippen molar-refractivity contribution in [1.29, 1.82) is 0 Å². The number of pyridine rings is 1. The Morgan fingerprint density at radius 3 is 2.64 bits per heavy atom. The van der Waals surface area contributed by atoms with Gasteiger partial charge in [-0.1, -0.05) is 0 Å². The fourth-order valence-corrected chi connectivity index (χ4v) is 5.05. The Kier molecular flexibility index (Phi) is 8.25. The predicted molar refractivity (Wildman–Crippen MR) is 156 cm³/mol. The number of benzene rings is 2. The first-order valence-corrected chi connectivity index (χ1v) is 13.8. The van der Waals surface area contributed by atoms with Crippen molar-refractivity contribution < 1.29 is 28.2 Å². The van der Waals surface area contributed by atoms with E-state index < -0.39 is 23.1 Å². The van der Waals surface area contributed by atoms with Gasteiger partial charge >= 0.3 is 0 Å². The number of amides is 1. The summed E-state index contributed by atoms with van der Waals surface area (Å²) in [7, 11) is 0. The molecule has 0 spiro atoms. The van der Waals surface area contributed by atoms with Crippen molar-refractivity contribution in [2.45, 2.75) is 18.9 Å². The summed E-state index contributed by atoms with van der Waals surface area (Å²) in [6.45, 7) is 1.12. The van der Waals surface area contributed by atoms with E-state index in [4.69, 9.17) is 9.47 Å². The Labute approximate surface area is 248 Å². The summed E-state index contributed by atoms with van der Waals surface area (Å²) in [6.07, 6.45) is 4.34. The van der Waals surface area contributed by atoms with Gasteiger partial charge in [0.2, 0.25) is 0 Å². The standard InChI is InChI=1S/C30H27F2N7O5/c31-18-1-4-20(5-2-18)39-30(42)21(7-12-34-39)29(41)35-19-3-6-24(22(32)15-19)44-25-8-11-33-27-26(25)28(38-37-27)36-23(16-40)17-9-13-43-14-10-17/h1-8,11-12,15,17,23,40H,9-10,13-14,16H2,(H,35,41)(H2,33,36,37,38). The highest BCUT2D eigenvalue weighted by atomic mass is 19.1. The van der Waals surface area contributed by atoms with Gasteiger partial charge in [-0.05, 0) is 61.2 Å². The number of ether oxygens (including phenoxy) is 2. The Hall–Kier alpha value is -5.21. The van der Waals surface area contributed by atoms with E-state index >= 15 is 4.39 Å². The van der Waals surface area contributed by atoms with Crippen LogP contribution in [0, 0.1) is 17.6 Å². The maximum absolute atomic E-state index is 15.2. The van der Waals surface area contributed by atoms with Crippen LogP contribution in [0.1, 0.15) is 23.2 Å². The van der Waals surface area contributed by atoms with Crippen LogP contribution in [0.3, 0.4) is 0 Å². The van der Waals surface area contributed by atoms with E-state index in [0.29, 0.717) is 30.1 Å². The predicted octanol–water partition coefficient (Wildman–Crippen LogP) is 4.03. The smallest absolute Gasteiger partial charge is 0.284 e. The van der Waals surface area contributed by atoms with Crippen LogP contribution in [0.5, 0.6) is 11.5 Å². The Balaban J connectivity index is 1.20. The van der Waals surface area contributed by atoms with Gasteiger partial charge in [-0.15, -0.1) is 0 Å². The van der Waals surface area contributed by atoms with Gasteiger partial charge in [-0.2, -0.15) is 14.9 Å². The average Bonchev–Trinajstić information content (AvgIpc) is 3.46. The van der Waals surface area contributed by atoms with E-state index in [-0.39, 0.29) is 47.0 Å². The van der Waals surface area contributed by atoms with Gasteiger partial charge in [0, 0.05) is 43.4 Å². The summed E-state index contributed by atoms with van der Waals surface area (Å²) in [5.74, 6) is -1.33. The van der Waals surface area contributed by atoms with E-state index in [0.717, 1.165) is 23.6 Å². The van der Waals surface area contributed by atoms with Crippen LogP contribution in [0.4, 0.5) is 20.3 Å². The van der Waals surface area contributed by atoms with E-state index in [1.807, 2.05) is 0 Å². The van der Waals surface area contributed by atoms with Crippen LogP contribution in [-0.2, 0) is 4.74 Å². The molecule has 5 aromatic rings. The number of nitrogens with one attached hydrogen (secondary N) is 3. The zero-order valence-electron chi connectivity index (χ0n) is 23.2. The number of fused-ring (bicyclic) bond motifs is 1. The topological polar surface area (TPSA) is 156 Å². The third-order valence-electron chi connectivity index (χ3n) is 7.35. The van der Waals surface area contributed by atoms with Crippen LogP contribution < -0.4 is 20.9 Å². The lowest BCUT2D eigenvalue weighted by Crippen LogP contribution is -2.36. The number of carbonyl (C=O) groups excluding carboxylic acids is 1. The number of aliphatic hydroxyl groups excluding tert-OH is 1. The van der Waals surface area contributed by atoms with Gasteiger partial charge in [0.1, 0.15) is 22.5 Å². The second-order valence-corrected chi connectivity index (χ2v) is 10.1. The highest BCUT2D eigenvalue weighted by molar-refractivity contribution is 6.04. The third kappa shape index (κ3) is 5.98. The Morgan fingerprint density at radius 1 is 1.09 bits per heavy atom. The fourth-order valence-electron chi connectivity index (χ4n) is 5.05. The molecule has 226 valence electrons. The number of carbonyl (C=O) groups is 1. The number of aromatic amines is 1. The summed E-state index contributed by atoms with van der Waals surface area (Å²) in [5.41, 5.74) is -0.219. The zero-order valence-corrected chi connectivity index (χ0v) is 23.2. The highest BCUT2D eigenvalue weighted by Crippen LogP contribution is 2.35. The molecule has 1 unspecified atom stereocenters. The molecule has 1 aliphatic heterocycles. The van der Waals surface area contributed by atoms with Crippen molar-refractivity contribution in [3.63, 3.8) is 0 Å². The molecule has 1 saturated heterocycles. The molecule has 12 nitrogen and oxygen atoms in total. The number of aromatic nitrogens is 5. The summed E-state index contributed by atoms with van der Waals surface area (Å²) in [5, 5.41) is 27.4. The lowest BCUT2D eigenvalue weighted by molar-refractivity contribution is 0.0533. The second kappa shape index (κ2) is 12.6. The molecule has 1 amide bonds. The van der Waals surface area contributed by atoms with Crippen molar-refractivity contribution in [2.24, 2.45) is 5.92 Å². The number of anilines is 2. The lowest BCUT2D eigenvalue weighted by atomic mass is 9.92. The van der Waals surface area contributed by atoms with Crippen molar-refractivity contribution in [1.82, 2.24) is 25.0 Å². The molecule has 44 heavy (non-hydrogen) atoms. The molecule has 3 aromatic heterocycles. The minimum atomic E-state index is -0.783. The molecule has 0 aliphatic carbocycles. The monoisotopic (exact) mass is 603 g/mol. The third-order valence-corrected chi connectivity index (χ3v) is 7.35. The van der Waals surface area contributed by atoms with Crippen molar-refractivity contribution in [3.05, 3.63) is 94.5 Å². The first kappa shape index (κ1) is 28.9. The number of hydrogen-bond donors (Lipinski definition) is 4. The molecule has 0 radical (unpaired) electrons. The van der Waals surface area contributed by atoms with Gasteiger partial charge < -0.3 is 25.2 Å². The number of hydrogen-bond acceptors (Lipinski definition) is 9. The van der Waals surface area contributed by atoms with Crippen LogP contribution in [-0.4, -0.2) is 61.8 Å². The lowest BCUT2D eigenvalue weighted by Gasteiger charge is -2.29. The van der Waals surface area contributed by atoms with Gasteiger partial charge in [-0.3, -0.25) is 14.7 Å². The first-order chi connectivity index (χ1) is 21.4. The molecule has 2 aromatic carbocycles. The van der Waals surface area contributed by atoms with E-state index in [1.54, 1.807) is 6.07 Å². The van der Waals surface area contributed by atoms with Crippen LogP contribution >= 0.6 is 0 Å². The summed E-state index contributed by atoms with van der Waals surface area (Å²) >= 11 is 0. The van der Waals surface area contributed by atoms with Crippen LogP contribution in [0.25, 0.3) is 16.7 Å². The van der Waals surface area contributed by atoms with Crippen molar-refractivity contribution >= 4 is 28.4 Å². The van der Waals surface area contributed by atoms with E-state index in [1.165, 1.54) is 54.9 Å². The van der Waals surface area contributed by atoms with E-state index in [2.05, 4.69) is 30.9 Å². The maximum Gasteiger partial charge on any atom is 0.284 e. The normalized spacial score (nSPS) is 14.3. The van der Waals surface area contributed by atoms with E-state index in [9.17, 15) is 19.1 Å². The highest BCUT2D eigenvalue weighted by Gasteiger charge is 2.26. The summed E-state index contributed by atoms with van der Waals surface area (Å²) < 4.78 is 40.9. The number of aliphatic hydroxyl groups is 1. The van der Waals surface area contributed by atoms with Gasteiger partial charge in [0.25, 0.3) is 11.5 Å². The average molecular weight is 604 g/mol. The minimum Gasteiger partial charge on any atom is -0.453 e. The molecule has 1 fully saturated rings. The number of H-pyrrole nitrogens is 1. The van der Waals surface area contributed by atoms with Crippen molar-refractivity contribution in [2.75, 3.05) is 30.5 Å². The molecule has 4 heterocycles. The minimum absolute atomic E-state index is 0.0807. The van der Waals surface area contributed by atoms with Crippen molar-refractivity contribution in [3.8, 4) is 17.2 Å². The number of nitrogens with zero attached hydrogens (tertiary/aromatic N) is 4. The van der Waals surface area contributed by atoms with Gasteiger partial charge in [-0.25, -0.2) is 13.8 Å². The zero-order chi connectivity index (χ0) is 30.6. The molecular formula is C30H27F2N7O5. The molecule has 1 aliphatic rings. The molecule has 4 N–H and O–H groups in total. The molecule has 14 heteroatoms. The molecular weight excluding hydrogens is 576 g/mol. The van der Waals surface area contributed by atoms with Gasteiger partial charge in [0.05, 0.1) is 18.3 Å². The Bertz CT molecular complexity index is 1860. The quantitative estimate of drug-likeness (QED) is 0.195. The van der Waals surface area contributed by atoms with Gasteiger partial charge in [0.15, 0.2) is 23.0 Å². The fraction of sp³-hybridized carbons (Fsp3) is 0.233. The van der Waals surface area contributed by atoms with Crippen LogP contribution in [0.2, 0.25) is 0 Å². The molecule has 0 saturated carbocycles. The second-order valence-electron chi connectivity index (χ2n) is 10.1. The Morgan fingerprint density at radius 2 is 1.89 bits per heavy atom. The largest absolute Gasteiger partial charge is 0.453 e. The number of halogens is 2. The molecule has 6 rings (SSSR count). The molecule has 0 bridgehead atoms. The SMILES string of the molecule is O=C(Nc1ccc(Oc2ccnc3[nH]nc(NC(CO)C4CCOCC4)c23)c(F)c1)c1ccnn(-c2ccc(F)cc2)c1=O. The maximum atomic E-state index is 15.2. The summed E-state index contributed by atoms with van der Waals surface area (Å²) in [6, 6.07) is 11.4. The molecule has 1 atom stereocenters. The van der Waals surface area contributed by atoms with Crippen LogP contribution in [0.15, 0.2) is 71.8 Å².